The van der Waals surface area contributed by atoms with Crippen molar-refractivity contribution >= 4 is 17.3 Å². The van der Waals surface area contributed by atoms with Crippen molar-refractivity contribution in [3.63, 3.8) is 0 Å². The van der Waals surface area contributed by atoms with Crippen LogP contribution in [0.15, 0.2) is 42.6 Å². The number of benzene rings is 2. The lowest BCUT2D eigenvalue weighted by Gasteiger charge is -2.36. The van der Waals surface area contributed by atoms with Crippen LogP contribution < -0.4 is 4.90 Å². The van der Waals surface area contributed by atoms with Crippen LogP contribution in [0.4, 0.5) is 5.69 Å². The van der Waals surface area contributed by atoms with Gasteiger partial charge in [0.2, 0.25) is 0 Å². The van der Waals surface area contributed by atoms with E-state index in [1.54, 1.807) is 0 Å². The van der Waals surface area contributed by atoms with E-state index in [-0.39, 0.29) is 16.5 Å². The molecule has 2 heterocycles. The number of aromatic nitrogens is 2. The third kappa shape index (κ3) is 3.99. The molecule has 8 heteroatoms. The first-order chi connectivity index (χ1) is 14.0. The Bertz CT molecular complexity index is 1070. The second-order valence-electron chi connectivity index (χ2n) is 7.02. The van der Waals surface area contributed by atoms with Crippen LogP contribution in [0.1, 0.15) is 11.1 Å². The number of hydrogen-bond acceptors (Lipinski definition) is 6. The molecule has 3 N–H and O–H groups in total. The van der Waals surface area contributed by atoms with E-state index in [0.29, 0.717) is 16.8 Å². The molecule has 1 aliphatic rings. The molecule has 0 saturated carbocycles. The van der Waals surface area contributed by atoms with Crippen molar-refractivity contribution in [1.82, 2.24) is 15.1 Å². The Morgan fingerprint density at radius 3 is 2.66 bits per heavy atom. The number of phenols is 2. The molecule has 1 aliphatic heterocycles. The van der Waals surface area contributed by atoms with Gasteiger partial charge in [0.15, 0.2) is 0 Å². The zero-order valence-corrected chi connectivity index (χ0v) is 16.4. The molecule has 0 amide bonds. The van der Waals surface area contributed by atoms with Crippen molar-refractivity contribution in [2.24, 2.45) is 0 Å². The minimum atomic E-state index is -0.168. The summed E-state index contributed by atoms with van der Waals surface area (Å²) < 4.78 is 0. The highest BCUT2D eigenvalue weighted by molar-refractivity contribution is 6.32. The summed E-state index contributed by atoms with van der Waals surface area (Å²) in [5, 5.41) is 36.3. The van der Waals surface area contributed by atoms with E-state index in [9.17, 15) is 10.2 Å². The normalized spacial score (nSPS) is 14.7. The Balaban J connectivity index is 1.47. The van der Waals surface area contributed by atoms with Crippen LogP contribution in [-0.2, 0) is 6.54 Å². The average molecular weight is 410 g/mol. The van der Waals surface area contributed by atoms with Crippen molar-refractivity contribution in [2.75, 3.05) is 31.1 Å². The molecule has 0 radical (unpaired) electrons. The number of anilines is 1. The number of piperazine rings is 1. The second kappa shape index (κ2) is 8.03. The smallest absolute Gasteiger partial charge is 0.137 e. The molecule has 0 spiro atoms. The van der Waals surface area contributed by atoms with Gasteiger partial charge >= 0.3 is 0 Å². The number of hydrogen-bond donors (Lipinski definition) is 3. The van der Waals surface area contributed by atoms with Gasteiger partial charge in [0.1, 0.15) is 17.2 Å². The molecule has 29 heavy (non-hydrogen) atoms. The Kier molecular flexibility index (Phi) is 5.30. The maximum atomic E-state index is 10.2. The third-order valence-corrected chi connectivity index (χ3v) is 5.42. The quantitative estimate of drug-likeness (QED) is 0.611. The number of aromatic amines is 1. The number of nitrogens with zero attached hydrogens (tertiary/aromatic N) is 4. The minimum Gasteiger partial charge on any atom is -0.507 e. The van der Waals surface area contributed by atoms with E-state index < -0.39 is 0 Å². The lowest BCUT2D eigenvalue weighted by molar-refractivity contribution is 0.250. The van der Waals surface area contributed by atoms with Gasteiger partial charge in [-0.1, -0.05) is 23.7 Å². The van der Waals surface area contributed by atoms with Crippen molar-refractivity contribution in [1.29, 1.82) is 5.26 Å². The van der Waals surface area contributed by atoms with Crippen LogP contribution >= 0.6 is 11.6 Å². The SMILES string of the molecule is N#Cc1cccc(CN2CCN(c3c[nH]nc3-c3cc(Cl)c(O)cc3O)CC2)c1. The highest BCUT2D eigenvalue weighted by atomic mass is 35.5. The fourth-order valence-corrected chi connectivity index (χ4v) is 3.77. The van der Waals surface area contributed by atoms with Gasteiger partial charge in [-0.2, -0.15) is 10.4 Å². The molecule has 0 aliphatic carbocycles. The largest absolute Gasteiger partial charge is 0.507 e. The van der Waals surface area contributed by atoms with E-state index in [2.05, 4.69) is 26.1 Å². The Morgan fingerprint density at radius 1 is 1.10 bits per heavy atom. The zero-order chi connectivity index (χ0) is 20.4. The minimum absolute atomic E-state index is 0.0729. The first-order valence-electron chi connectivity index (χ1n) is 9.27. The van der Waals surface area contributed by atoms with Crippen molar-refractivity contribution in [2.45, 2.75) is 6.54 Å². The summed E-state index contributed by atoms with van der Waals surface area (Å²) in [6.07, 6.45) is 1.81. The predicted octanol–water partition coefficient (Wildman–Crippen LogP) is 3.34. The van der Waals surface area contributed by atoms with Crippen molar-refractivity contribution in [3.8, 4) is 28.8 Å². The molecule has 1 fully saturated rings. The molecule has 7 nitrogen and oxygen atoms in total. The number of halogens is 1. The molecule has 4 rings (SSSR count). The molecule has 148 valence electrons. The lowest BCUT2D eigenvalue weighted by atomic mass is 10.1. The van der Waals surface area contributed by atoms with E-state index in [4.69, 9.17) is 16.9 Å². The lowest BCUT2D eigenvalue weighted by Crippen LogP contribution is -2.46. The van der Waals surface area contributed by atoms with Crippen molar-refractivity contribution < 1.29 is 10.2 Å². The van der Waals surface area contributed by atoms with Crippen LogP contribution in [-0.4, -0.2) is 51.5 Å². The van der Waals surface area contributed by atoms with E-state index >= 15 is 0 Å². The van der Waals surface area contributed by atoms with Crippen LogP contribution in [0.2, 0.25) is 5.02 Å². The third-order valence-electron chi connectivity index (χ3n) is 5.12. The van der Waals surface area contributed by atoms with Gasteiger partial charge in [-0.15, -0.1) is 0 Å². The highest BCUT2D eigenvalue weighted by Crippen LogP contribution is 2.40. The fraction of sp³-hybridized carbons (Fsp3) is 0.238. The summed E-state index contributed by atoms with van der Waals surface area (Å²) in [5.74, 6) is -0.240. The van der Waals surface area contributed by atoms with Crippen molar-refractivity contribution in [3.05, 3.63) is 58.7 Å². The number of phenolic OH excluding ortho intramolecular Hbond substituents is 2. The van der Waals surface area contributed by atoms with Gasteiger partial charge in [0, 0.05) is 50.6 Å². The summed E-state index contributed by atoms with van der Waals surface area (Å²) in [5.41, 5.74) is 3.76. The van der Waals surface area contributed by atoms with Crippen LogP contribution in [0.3, 0.4) is 0 Å². The van der Waals surface area contributed by atoms with Crippen LogP contribution in [0.5, 0.6) is 11.5 Å². The number of aromatic hydroxyl groups is 2. The first kappa shape index (κ1) is 19.1. The standard InChI is InChI=1S/C21H20ClN5O2/c22-17-9-16(19(28)10-20(17)29)21-18(12-24-25-21)27-6-4-26(5-7-27)13-15-3-1-2-14(8-15)11-23/h1-3,8-10,12,28-29H,4-7,13H2,(H,24,25). The summed E-state index contributed by atoms with van der Waals surface area (Å²) in [6.45, 7) is 4.14. The molecule has 1 saturated heterocycles. The van der Waals surface area contributed by atoms with E-state index in [1.807, 2.05) is 30.5 Å². The highest BCUT2D eigenvalue weighted by Gasteiger charge is 2.23. The van der Waals surface area contributed by atoms with E-state index in [1.165, 1.54) is 12.1 Å². The molecular formula is C21H20ClN5O2. The monoisotopic (exact) mass is 409 g/mol. The van der Waals surface area contributed by atoms with Crippen LogP contribution in [0.25, 0.3) is 11.3 Å². The van der Waals surface area contributed by atoms with Gasteiger partial charge in [0.05, 0.1) is 22.3 Å². The van der Waals surface area contributed by atoms with Gasteiger partial charge in [-0.3, -0.25) is 10.00 Å². The number of nitriles is 1. The maximum absolute atomic E-state index is 10.2. The predicted molar refractivity (Wildman–Crippen MR) is 111 cm³/mol. The van der Waals surface area contributed by atoms with Gasteiger partial charge in [-0.25, -0.2) is 0 Å². The molecule has 0 atom stereocenters. The van der Waals surface area contributed by atoms with Gasteiger partial charge in [-0.05, 0) is 23.8 Å². The fourth-order valence-electron chi connectivity index (χ4n) is 3.61. The molecular weight excluding hydrogens is 390 g/mol. The van der Waals surface area contributed by atoms with E-state index in [0.717, 1.165) is 44.0 Å². The van der Waals surface area contributed by atoms with Gasteiger partial charge in [0.25, 0.3) is 0 Å². The Morgan fingerprint density at radius 2 is 1.90 bits per heavy atom. The number of H-pyrrole nitrogens is 1. The topological polar surface area (TPSA) is 99.4 Å². The average Bonchev–Trinajstić information content (AvgIpc) is 3.21. The number of nitrogens with one attached hydrogen (secondary N) is 1. The molecule has 0 bridgehead atoms. The summed E-state index contributed by atoms with van der Waals surface area (Å²) in [4.78, 5) is 4.56. The molecule has 3 aromatic rings. The maximum Gasteiger partial charge on any atom is 0.137 e. The summed E-state index contributed by atoms with van der Waals surface area (Å²) in [7, 11) is 0. The first-order valence-corrected chi connectivity index (χ1v) is 9.65. The molecule has 2 aromatic carbocycles. The summed E-state index contributed by atoms with van der Waals surface area (Å²) >= 11 is 6.02. The second-order valence-corrected chi connectivity index (χ2v) is 7.42. The zero-order valence-electron chi connectivity index (χ0n) is 15.6. The molecule has 0 unspecified atom stereocenters. The number of rotatable bonds is 4. The van der Waals surface area contributed by atoms with Crippen LogP contribution in [0, 0.1) is 11.3 Å². The Labute approximate surface area is 173 Å². The Hall–Kier alpha value is -3.21. The van der Waals surface area contributed by atoms with Gasteiger partial charge < -0.3 is 15.1 Å². The molecule has 1 aromatic heterocycles. The summed E-state index contributed by atoms with van der Waals surface area (Å²) in [6, 6.07) is 12.6.